The van der Waals surface area contributed by atoms with Gasteiger partial charge in [-0.25, -0.2) is 4.98 Å². The molecule has 0 bridgehead atoms. The predicted octanol–water partition coefficient (Wildman–Crippen LogP) is 0.711. The number of likely N-dealkylation sites (N-methyl/N-ethyl adjacent to an activating group) is 1. The Morgan fingerprint density at radius 1 is 1.50 bits per heavy atom. The molecule has 1 aromatic rings. The molecular weight excluding hydrogens is 234 g/mol. The fourth-order valence-electron chi connectivity index (χ4n) is 2.31. The third kappa shape index (κ3) is 2.28. The summed E-state index contributed by atoms with van der Waals surface area (Å²) in [5.41, 5.74) is 0.801. The smallest absolute Gasteiger partial charge is 0.311 e. The summed E-state index contributed by atoms with van der Waals surface area (Å²) in [4.78, 5) is 21.7. The van der Waals surface area contributed by atoms with E-state index in [0.29, 0.717) is 13.2 Å². The van der Waals surface area contributed by atoms with Gasteiger partial charge in [-0.3, -0.25) is 9.78 Å². The third-order valence-electron chi connectivity index (χ3n) is 3.24. The van der Waals surface area contributed by atoms with Gasteiger partial charge in [-0.05, 0) is 13.8 Å². The van der Waals surface area contributed by atoms with Crippen LogP contribution in [-0.4, -0.2) is 46.8 Å². The van der Waals surface area contributed by atoms with E-state index < -0.39 is 11.9 Å². The van der Waals surface area contributed by atoms with E-state index in [1.165, 1.54) is 0 Å². The lowest BCUT2D eigenvalue weighted by Crippen LogP contribution is -2.44. The van der Waals surface area contributed by atoms with E-state index in [1.54, 1.807) is 12.4 Å². The first-order valence-electron chi connectivity index (χ1n) is 6.00. The Morgan fingerprint density at radius 2 is 2.22 bits per heavy atom. The second-order valence-corrected chi connectivity index (χ2v) is 4.30. The Bertz CT molecular complexity index is 438. The van der Waals surface area contributed by atoms with Gasteiger partial charge in [0.1, 0.15) is 11.7 Å². The highest BCUT2D eigenvalue weighted by molar-refractivity contribution is 5.72. The maximum atomic E-state index is 11.2. The summed E-state index contributed by atoms with van der Waals surface area (Å²) in [5, 5.41) is 9.20. The number of carbonyl (C=O) groups is 1. The predicted molar refractivity (Wildman–Crippen MR) is 65.5 cm³/mol. The number of nitrogens with zero attached hydrogens (tertiary/aromatic N) is 3. The molecule has 98 valence electrons. The maximum Gasteiger partial charge on any atom is 0.311 e. The van der Waals surface area contributed by atoms with Gasteiger partial charge in [0.2, 0.25) is 0 Å². The fraction of sp³-hybridized carbons (Fsp3) is 0.583. The monoisotopic (exact) mass is 251 g/mol. The van der Waals surface area contributed by atoms with E-state index in [2.05, 4.69) is 9.97 Å². The molecule has 6 heteroatoms. The molecule has 0 spiro atoms. The average molecular weight is 251 g/mol. The maximum absolute atomic E-state index is 11.2. The molecule has 2 rings (SSSR count). The van der Waals surface area contributed by atoms with Gasteiger partial charge in [-0.15, -0.1) is 0 Å². The van der Waals surface area contributed by atoms with Crippen LogP contribution in [0.2, 0.25) is 0 Å². The average Bonchev–Trinajstić information content (AvgIpc) is 2.82. The first kappa shape index (κ1) is 12.8. The summed E-state index contributed by atoms with van der Waals surface area (Å²) in [7, 11) is 0. The zero-order valence-electron chi connectivity index (χ0n) is 10.5. The minimum Gasteiger partial charge on any atom is -0.481 e. The number of rotatable bonds is 4. The van der Waals surface area contributed by atoms with Crippen LogP contribution >= 0.6 is 0 Å². The highest BCUT2D eigenvalue weighted by Gasteiger charge is 2.38. The lowest BCUT2D eigenvalue weighted by molar-refractivity contribution is -0.141. The second kappa shape index (κ2) is 5.30. The Morgan fingerprint density at radius 3 is 2.83 bits per heavy atom. The summed E-state index contributed by atoms with van der Waals surface area (Å²) in [5.74, 6) is -0.592. The molecule has 0 amide bonds. The van der Waals surface area contributed by atoms with E-state index >= 15 is 0 Å². The SMILES string of the molecule is CCN(c1nccnc1C)C1COCC1C(=O)O. The summed E-state index contributed by atoms with van der Waals surface area (Å²) >= 11 is 0. The molecule has 2 unspecified atom stereocenters. The van der Waals surface area contributed by atoms with Crippen molar-refractivity contribution in [3.05, 3.63) is 18.1 Å². The summed E-state index contributed by atoms with van der Waals surface area (Å²) in [6.45, 7) is 5.20. The zero-order chi connectivity index (χ0) is 13.1. The van der Waals surface area contributed by atoms with Gasteiger partial charge in [-0.2, -0.15) is 0 Å². The van der Waals surface area contributed by atoms with Crippen molar-refractivity contribution in [2.75, 3.05) is 24.7 Å². The van der Waals surface area contributed by atoms with E-state index in [1.807, 2.05) is 18.7 Å². The molecule has 0 aromatic carbocycles. The first-order chi connectivity index (χ1) is 8.65. The number of aliphatic carboxylic acids is 1. The summed E-state index contributed by atoms with van der Waals surface area (Å²) < 4.78 is 5.30. The number of carboxylic acid groups (broad SMARTS) is 1. The van der Waals surface area contributed by atoms with Crippen LogP contribution in [0.25, 0.3) is 0 Å². The van der Waals surface area contributed by atoms with E-state index in [-0.39, 0.29) is 12.6 Å². The van der Waals surface area contributed by atoms with Crippen molar-refractivity contribution in [1.29, 1.82) is 0 Å². The topological polar surface area (TPSA) is 75.5 Å². The van der Waals surface area contributed by atoms with Crippen LogP contribution in [0.3, 0.4) is 0 Å². The van der Waals surface area contributed by atoms with Crippen molar-refractivity contribution in [1.82, 2.24) is 9.97 Å². The zero-order valence-corrected chi connectivity index (χ0v) is 10.5. The number of carboxylic acids is 1. The van der Waals surface area contributed by atoms with Crippen molar-refractivity contribution in [2.24, 2.45) is 5.92 Å². The Kier molecular flexibility index (Phi) is 3.76. The minimum atomic E-state index is -0.822. The van der Waals surface area contributed by atoms with Crippen LogP contribution in [0.4, 0.5) is 5.82 Å². The lowest BCUT2D eigenvalue weighted by atomic mass is 10.0. The molecule has 1 N–H and O–H groups in total. The Balaban J connectivity index is 2.29. The molecule has 18 heavy (non-hydrogen) atoms. The molecule has 6 nitrogen and oxygen atoms in total. The van der Waals surface area contributed by atoms with Gasteiger partial charge in [0.25, 0.3) is 0 Å². The van der Waals surface area contributed by atoms with Crippen LogP contribution in [0.15, 0.2) is 12.4 Å². The largest absolute Gasteiger partial charge is 0.481 e. The van der Waals surface area contributed by atoms with Gasteiger partial charge in [0, 0.05) is 18.9 Å². The molecular formula is C12H17N3O3. The van der Waals surface area contributed by atoms with Gasteiger partial charge in [0.05, 0.1) is 24.9 Å². The van der Waals surface area contributed by atoms with Gasteiger partial charge in [0.15, 0.2) is 0 Å². The highest BCUT2D eigenvalue weighted by Crippen LogP contribution is 2.25. The number of aromatic nitrogens is 2. The standard InChI is InChI=1S/C12H17N3O3/c1-3-15(11-8(2)13-4-5-14-11)10-7-18-6-9(10)12(16)17/h4-5,9-10H,3,6-7H2,1-2H3,(H,16,17). The first-order valence-corrected chi connectivity index (χ1v) is 6.00. The molecule has 1 aromatic heterocycles. The molecule has 0 saturated carbocycles. The van der Waals surface area contributed by atoms with Gasteiger partial charge in [-0.1, -0.05) is 0 Å². The highest BCUT2D eigenvalue weighted by atomic mass is 16.5. The van der Waals surface area contributed by atoms with Crippen LogP contribution in [-0.2, 0) is 9.53 Å². The minimum absolute atomic E-state index is 0.178. The van der Waals surface area contributed by atoms with Gasteiger partial charge >= 0.3 is 5.97 Å². The van der Waals surface area contributed by atoms with Crippen molar-refractivity contribution >= 4 is 11.8 Å². The normalized spacial score (nSPS) is 23.0. The van der Waals surface area contributed by atoms with Crippen molar-refractivity contribution < 1.29 is 14.6 Å². The second-order valence-electron chi connectivity index (χ2n) is 4.30. The van der Waals surface area contributed by atoms with Crippen LogP contribution in [0.5, 0.6) is 0 Å². The number of ether oxygens (including phenoxy) is 1. The Labute approximate surface area is 106 Å². The van der Waals surface area contributed by atoms with Crippen molar-refractivity contribution in [3.8, 4) is 0 Å². The number of hydrogen-bond donors (Lipinski definition) is 1. The molecule has 1 fully saturated rings. The molecule has 0 aliphatic carbocycles. The van der Waals surface area contributed by atoms with Crippen molar-refractivity contribution in [3.63, 3.8) is 0 Å². The van der Waals surface area contributed by atoms with Crippen LogP contribution in [0.1, 0.15) is 12.6 Å². The van der Waals surface area contributed by atoms with E-state index in [4.69, 9.17) is 4.74 Å². The summed E-state index contributed by atoms with van der Waals surface area (Å²) in [6, 6.07) is -0.178. The lowest BCUT2D eigenvalue weighted by Gasteiger charge is -2.30. The summed E-state index contributed by atoms with van der Waals surface area (Å²) in [6.07, 6.45) is 3.25. The van der Waals surface area contributed by atoms with Crippen molar-refractivity contribution in [2.45, 2.75) is 19.9 Å². The third-order valence-corrected chi connectivity index (χ3v) is 3.24. The van der Waals surface area contributed by atoms with E-state index in [9.17, 15) is 9.90 Å². The molecule has 1 aliphatic heterocycles. The van der Waals surface area contributed by atoms with Crippen LogP contribution < -0.4 is 4.90 Å². The fourth-order valence-corrected chi connectivity index (χ4v) is 2.31. The molecule has 2 atom stereocenters. The molecule has 2 heterocycles. The van der Waals surface area contributed by atoms with E-state index in [0.717, 1.165) is 11.5 Å². The number of hydrogen-bond acceptors (Lipinski definition) is 5. The van der Waals surface area contributed by atoms with Crippen LogP contribution in [0, 0.1) is 12.8 Å². The molecule has 1 saturated heterocycles. The Hall–Kier alpha value is -1.69. The number of aryl methyl sites for hydroxylation is 1. The molecule has 1 aliphatic rings. The quantitative estimate of drug-likeness (QED) is 0.849. The number of anilines is 1. The van der Waals surface area contributed by atoms with Gasteiger partial charge < -0.3 is 14.7 Å². The molecule has 0 radical (unpaired) electrons.